The zero-order valence-corrected chi connectivity index (χ0v) is 15.3. The molecule has 3 N–H and O–H groups in total. The molecule has 1 aliphatic carbocycles. The lowest BCUT2D eigenvalue weighted by Crippen LogP contribution is -2.55. The molecule has 132 valence electrons. The summed E-state index contributed by atoms with van der Waals surface area (Å²) in [6.07, 6.45) is 3.97. The van der Waals surface area contributed by atoms with Gasteiger partial charge in [-0.15, -0.1) is 24.8 Å². The first kappa shape index (κ1) is 21.9. The van der Waals surface area contributed by atoms with Crippen LogP contribution in [-0.2, 0) is 9.53 Å². The molecular weight excluding hydrogens is 325 g/mol. The van der Waals surface area contributed by atoms with E-state index in [1.54, 1.807) is 0 Å². The van der Waals surface area contributed by atoms with Crippen LogP contribution in [0.3, 0.4) is 0 Å². The summed E-state index contributed by atoms with van der Waals surface area (Å²) in [5.41, 5.74) is 6.01. The summed E-state index contributed by atoms with van der Waals surface area (Å²) in [5, 5.41) is 3.08. The van der Waals surface area contributed by atoms with Crippen molar-refractivity contribution >= 4 is 30.7 Å². The lowest BCUT2D eigenvalue weighted by atomic mass is 9.85. The molecule has 1 saturated heterocycles. The molecule has 0 aromatic heterocycles. The van der Waals surface area contributed by atoms with Crippen molar-refractivity contribution in [3.8, 4) is 0 Å². The van der Waals surface area contributed by atoms with Crippen LogP contribution in [0, 0.1) is 5.92 Å². The van der Waals surface area contributed by atoms with Crippen molar-refractivity contribution in [2.75, 3.05) is 32.8 Å². The Morgan fingerprint density at radius 1 is 1.36 bits per heavy atom. The van der Waals surface area contributed by atoms with E-state index in [4.69, 9.17) is 10.5 Å². The average Bonchev–Trinajstić information content (AvgIpc) is 2.40. The predicted octanol–water partition coefficient (Wildman–Crippen LogP) is 1.57. The van der Waals surface area contributed by atoms with Crippen molar-refractivity contribution in [1.82, 2.24) is 10.2 Å². The molecule has 0 bridgehead atoms. The van der Waals surface area contributed by atoms with Gasteiger partial charge in [-0.3, -0.25) is 9.69 Å². The zero-order valence-electron chi connectivity index (χ0n) is 13.7. The minimum absolute atomic E-state index is 0. The molecule has 0 aromatic carbocycles. The quantitative estimate of drug-likeness (QED) is 0.803. The number of nitrogens with zero attached hydrogens (tertiary/aromatic N) is 1. The SMILES string of the molecule is CC1(C)COCCN1CCNC(=O)C1CCCC(N)C1.Cl.Cl. The molecule has 7 heteroatoms. The molecule has 2 fully saturated rings. The average molecular weight is 356 g/mol. The fraction of sp³-hybridized carbons (Fsp3) is 0.933. The highest BCUT2D eigenvalue weighted by atomic mass is 35.5. The molecule has 0 spiro atoms. The largest absolute Gasteiger partial charge is 0.378 e. The lowest BCUT2D eigenvalue weighted by molar-refractivity contribution is -0.126. The molecule has 1 aliphatic heterocycles. The number of nitrogens with one attached hydrogen (secondary N) is 1. The molecule has 22 heavy (non-hydrogen) atoms. The molecule has 2 unspecified atom stereocenters. The fourth-order valence-corrected chi connectivity index (χ4v) is 3.23. The smallest absolute Gasteiger partial charge is 0.223 e. The summed E-state index contributed by atoms with van der Waals surface area (Å²) in [6, 6.07) is 0.206. The van der Waals surface area contributed by atoms with E-state index in [9.17, 15) is 4.79 Å². The van der Waals surface area contributed by atoms with Gasteiger partial charge < -0.3 is 15.8 Å². The molecule has 0 aromatic rings. The maximum atomic E-state index is 12.1. The Morgan fingerprint density at radius 2 is 2.09 bits per heavy atom. The Hall–Kier alpha value is -0.0700. The number of carbonyl (C=O) groups is 1. The standard InChI is InChI=1S/C15H29N3O2.2ClH/c1-15(2)11-20-9-8-18(15)7-6-17-14(19)12-4-3-5-13(16)10-12;;/h12-13H,3-11,16H2,1-2H3,(H,17,19);2*1H. The van der Waals surface area contributed by atoms with Gasteiger partial charge in [-0.05, 0) is 33.1 Å². The van der Waals surface area contributed by atoms with Gasteiger partial charge in [0.1, 0.15) is 0 Å². The third-order valence-electron chi connectivity index (χ3n) is 4.58. The first-order chi connectivity index (χ1) is 9.49. The molecule has 2 atom stereocenters. The highest BCUT2D eigenvalue weighted by molar-refractivity contribution is 5.85. The van der Waals surface area contributed by atoms with Gasteiger partial charge in [-0.25, -0.2) is 0 Å². The van der Waals surface area contributed by atoms with E-state index in [1.807, 2.05) is 0 Å². The molecule has 0 radical (unpaired) electrons. The monoisotopic (exact) mass is 355 g/mol. The summed E-state index contributed by atoms with van der Waals surface area (Å²) in [6.45, 7) is 8.47. The van der Waals surface area contributed by atoms with E-state index in [-0.39, 0.29) is 48.2 Å². The van der Waals surface area contributed by atoms with Gasteiger partial charge in [-0.2, -0.15) is 0 Å². The van der Waals surface area contributed by atoms with Crippen LogP contribution in [0.4, 0.5) is 0 Å². The van der Waals surface area contributed by atoms with Gasteiger partial charge in [0.2, 0.25) is 5.91 Å². The molecule has 1 amide bonds. The van der Waals surface area contributed by atoms with Crippen LogP contribution in [-0.4, -0.2) is 55.2 Å². The Balaban J connectivity index is 0.00000220. The Labute approximate surface area is 146 Å². The predicted molar refractivity (Wildman–Crippen MR) is 93.9 cm³/mol. The minimum atomic E-state index is 0. The van der Waals surface area contributed by atoms with Crippen LogP contribution in [0.5, 0.6) is 0 Å². The summed E-state index contributed by atoms with van der Waals surface area (Å²) in [7, 11) is 0. The first-order valence-electron chi connectivity index (χ1n) is 7.85. The van der Waals surface area contributed by atoms with Crippen molar-refractivity contribution in [2.24, 2.45) is 11.7 Å². The van der Waals surface area contributed by atoms with Gasteiger partial charge >= 0.3 is 0 Å². The van der Waals surface area contributed by atoms with E-state index in [1.165, 1.54) is 0 Å². The maximum absolute atomic E-state index is 12.1. The molecule has 2 aliphatic rings. The second-order valence-electron chi connectivity index (χ2n) is 6.77. The number of amides is 1. The van der Waals surface area contributed by atoms with Crippen LogP contribution in [0.2, 0.25) is 0 Å². The van der Waals surface area contributed by atoms with E-state index in [0.29, 0.717) is 6.54 Å². The summed E-state index contributed by atoms with van der Waals surface area (Å²) < 4.78 is 5.51. The normalized spacial score (nSPS) is 28.1. The zero-order chi connectivity index (χ0) is 14.6. The number of morpholine rings is 1. The second-order valence-corrected chi connectivity index (χ2v) is 6.77. The van der Waals surface area contributed by atoms with Crippen LogP contribution in [0.1, 0.15) is 39.5 Å². The van der Waals surface area contributed by atoms with Crippen molar-refractivity contribution in [3.05, 3.63) is 0 Å². The van der Waals surface area contributed by atoms with E-state index < -0.39 is 0 Å². The number of hydrogen-bond donors (Lipinski definition) is 2. The number of hydrogen-bond acceptors (Lipinski definition) is 4. The number of carbonyl (C=O) groups excluding carboxylic acids is 1. The number of rotatable bonds is 4. The van der Waals surface area contributed by atoms with Gasteiger partial charge in [0, 0.05) is 37.1 Å². The van der Waals surface area contributed by atoms with E-state index >= 15 is 0 Å². The summed E-state index contributed by atoms with van der Waals surface area (Å²) in [5.74, 6) is 0.308. The lowest BCUT2D eigenvalue weighted by Gasteiger charge is -2.42. The molecule has 1 saturated carbocycles. The minimum Gasteiger partial charge on any atom is -0.378 e. The number of ether oxygens (including phenoxy) is 1. The topological polar surface area (TPSA) is 67.6 Å². The van der Waals surface area contributed by atoms with Gasteiger partial charge in [0.25, 0.3) is 0 Å². The third-order valence-corrected chi connectivity index (χ3v) is 4.58. The van der Waals surface area contributed by atoms with Crippen LogP contribution in [0.15, 0.2) is 0 Å². The summed E-state index contributed by atoms with van der Waals surface area (Å²) >= 11 is 0. The van der Waals surface area contributed by atoms with Crippen molar-refractivity contribution in [2.45, 2.75) is 51.1 Å². The highest BCUT2D eigenvalue weighted by Gasteiger charge is 2.30. The Morgan fingerprint density at radius 3 is 2.73 bits per heavy atom. The fourth-order valence-electron chi connectivity index (χ4n) is 3.23. The van der Waals surface area contributed by atoms with Crippen LogP contribution >= 0.6 is 24.8 Å². The van der Waals surface area contributed by atoms with E-state index in [0.717, 1.165) is 52.0 Å². The first-order valence-corrected chi connectivity index (χ1v) is 7.85. The van der Waals surface area contributed by atoms with E-state index in [2.05, 4.69) is 24.1 Å². The Kier molecular flexibility index (Phi) is 9.90. The van der Waals surface area contributed by atoms with Crippen molar-refractivity contribution in [1.29, 1.82) is 0 Å². The molecule has 2 rings (SSSR count). The number of nitrogens with two attached hydrogens (primary N) is 1. The van der Waals surface area contributed by atoms with Crippen molar-refractivity contribution < 1.29 is 9.53 Å². The molecule has 5 nitrogen and oxygen atoms in total. The second kappa shape index (κ2) is 9.93. The van der Waals surface area contributed by atoms with Gasteiger partial charge in [0.05, 0.1) is 13.2 Å². The molecular formula is C15H31Cl2N3O2. The molecule has 1 heterocycles. The maximum Gasteiger partial charge on any atom is 0.223 e. The summed E-state index contributed by atoms with van der Waals surface area (Å²) in [4.78, 5) is 14.5. The van der Waals surface area contributed by atoms with Crippen molar-refractivity contribution in [3.63, 3.8) is 0 Å². The van der Waals surface area contributed by atoms with Gasteiger partial charge in [-0.1, -0.05) is 6.42 Å². The highest BCUT2D eigenvalue weighted by Crippen LogP contribution is 2.23. The van der Waals surface area contributed by atoms with Crippen LogP contribution in [0.25, 0.3) is 0 Å². The van der Waals surface area contributed by atoms with Gasteiger partial charge in [0.15, 0.2) is 0 Å². The number of halogens is 2. The third kappa shape index (κ3) is 6.20. The van der Waals surface area contributed by atoms with Crippen LogP contribution < -0.4 is 11.1 Å². The Bertz CT molecular complexity index is 343.